The molecule has 2 atom stereocenters. The SMILES string of the molecule is CC(=O)N[C@@H](Cc1cccc(F)c1)C(=O)N[C@@H](Cc1cccc(Br)c1)C(=O)O. The van der Waals surface area contributed by atoms with Gasteiger partial charge < -0.3 is 15.7 Å². The molecule has 2 amide bonds. The van der Waals surface area contributed by atoms with Crippen molar-refractivity contribution in [2.75, 3.05) is 0 Å². The Bertz CT molecular complexity index is 875. The Balaban J connectivity index is 2.14. The van der Waals surface area contributed by atoms with Gasteiger partial charge in [0.2, 0.25) is 11.8 Å². The molecule has 8 heteroatoms. The average Bonchev–Trinajstić information content (AvgIpc) is 2.60. The van der Waals surface area contributed by atoms with Gasteiger partial charge in [-0.2, -0.15) is 0 Å². The summed E-state index contributed by atoms with van der Waals surface area (Å²) in [6.45, 7) is 1.25. The van der Waals surface area contributed by atoms with Crippen LogP contribution in [0.4, 0.5) is 4.39 Å². The van der Waals surface area contributed by atoms with E-state index in [-0.39, 0.29) is 12.8 Å². The van der Waals surface area contributed by atoms with Gasteiger partial charge in [-0.15, -0.1) is 0 Å². The Morgan fingerprint density at radius 2 is 1.61 bits per heavy atom. The zero-order chi connectivity index (χ0) is 20.7. The predicted molar refractivity (Wildman–Crippen MR) is 105 cm³/mol. The average molecular weight is 451 g/mol. The summed E-state index contributed by atoms with van der Waals surface area (Å²) in [4.78, 5) is 35.7. The Morgan fingerprint density at radius 1 is 1.00 bits per heavy atom. The summed E-state index contributed by atoms with van der Waals surface area (Å²) < 4.78 is 14.2. The van der Waals surface area contributed by atoms with Gasteiger partial charge in [-0.3, -0.25) is 9.59 Å². The lowest BCUT2D eigenvalue weighted by atomic mass is 10.0. The second kappa shape index (κ2) is 9.98. The summed E-state index contributed by atoms with van der Waals surface area (Å²) in [5, 5.41) is 14.4. The van der Waals surface area contributed by atoms with Gasteiger partial charge in [-0.25, -0.2) is 9.18 Å². The van der Waals surface area contributed by atoms with E-state index in [4.69, 9.17) is 0 Å². The standard InChI is InChI=1S/C20H20BrFN2O4/c1-12(25)23-17(10-14-5-3-7-16(22)9-14)19(26)24-18(20(27)28)11-13-4-2-6-15(21)8-13/h2-9,17-18H,10-11H2,1H3,(H,23,25)(H,24,26)(H,27,28)/t17-,18-/m0/s1. The molecule has 0 fully saturated rings. The maximum Gasteiger partial charge on any atom is 0.326 e. The fourth-order valence-electron chi connectivity index (χ4n) is 2.73. The van der Waals surface area contributed by atoms with Crippen molar-refractivity contribution in [2.24, 2.45) is 0 Å². The lowest BCUT2D eigenvalue weighted by Crippen LogP contribution is -2.52. The Morgan fingerprint density at radius 3 is 2.18 bits per heavy atom. The fourth-order valence-corrected chi connectivity index (χ4v) is 3.17. The minimum Gasteiger partial charge on any atom is -0.480 e. The summed E-state index contributed by atoms with van der Waals surface area (Å²) in [5.41, 5.74) is 1.23. The zero-order valence-corrected chi connectivity index (χ0v) is 16.7. The van der Waals surface area contributed by atoms with Crippen LogP contribution in [0.2, 0.25) is 0 Å². The number of hydrogen-bond donors (Lipinski definition) is 3. The van der Waals surface area contributed by atoms with E-state index in [1.54, 1.807) is 24.3 Å². The molecule has 0 aliphatic carbocycles. The Hall–Kier alpha value is -2.74. The van der Waals surface area contributed by atoms with Crippen LogP contribution in [0.1, 0.15) is 18.1 Å². The van der Waals surface area contributed by atoms with Gasteiger partial charge in [0.25, 0.3) is 0 Å². The number of benzene rings is 2. The number of carboxylic acid groups (broad SMARTS) is 1. The molecule has 0 aliphatic heterocycles. The van der Waals surface area contributed by atoms with Gasteiger partial charge in [-0.1, -0.05) is 40.2 Å². The van der Waals surface area contributed by atoms with Crippen molar-refractivity contribution in [1.29, 1.82) is 0 Å². The number of amides is 2. The first-order valence-electron chi connectivity index (χ1n) is 8.53. The van der Waals surface area contributed by atoms with Gasteiger partial charge in [0.15, 0.2) is 0 Å². The van der Waals surface area contributed by atoms with E-state index in [1.807, 2.05) is 6.07 Å². The van der Waals surface area contributed by atoms with Gasteiger partial charge in [0.1, 0.15) is 17.9 Å². The second-order valence-electron chi connectivity index (χ2n) is 6.32. The van der Waals surface area contributed by atoms with E-state index < -0.39 is 35.7 Å². The van der Waals surface area contributed by atoms with Gasteiger partial charge in [0.05, 0.1) is 0 Å². The Labute approximate surface area is 170 Å². The van der Waals surface area contributed by atoms with E-state index >= 15 is 0 Å². The van der Waals surface area contributed by atoms with Crippen LogP contribution in [0.25, 0.3) is 0 Å². The Kier molecular flexibility index (Phi) is 7.69. The fraction of sp³-hybridized carbons (Fsp3) is 0.250. The second-order valence-corrected chi connectivity index (χ2v) is 7.24. The minimum atomic E-state index is -1.19. The quantitative estimate of drug-likeness (QED) is 0.575. The number of rotatable bonds is 8. The summed E-state index contributed by atoms with van der Waals surface area (Å²) >= 11 is 3.32. The van der Waals surface area contributed by atoms with Crippen LogP contribution < -0.4 is 10.6 Å². The third-order valence-corrected chi connectivity index (χ3v) is 4.46. The van der Waals surface area contributed by atoms with Gasteiger partial charge >= 0.3 is 5.97 Å². The minimum absolute atomic E-state index is 0.0341. The van der Waals surface area contributed by atoms with Crippen LogP contribution in [-0.2, 0) is 27.2 Å². The van der Waals surface area contributed by atoms with E-state index in [1.165, 1.54) is 25.1 Å². The molecule has 0 radical (unpaired) electrons. The molecule has 0 bridgehead atoms. The number of aliphatic carboxylic acids is 1. The molecule has 3 N–H and O–H groups in total. The molecule has 0 heterocycles. The van der Waals surface area contributed by atoms with Crippen LogP contribution in [0.5, 0.6) is 0 Å². The highest BCUT2D eigenvalue weighted by molar-refractivity contribution is 9.10. The molecular formula is C20H20BrFN2O4. The molecule has 28 heavy (non-hydrogen) atoms. The smallest absolute Gasteiger partial charge is 0.326 e. The maximum atomic E-state index is 13.4. The number of carbonyl (C=O) groups is 3. The van der Waals surface area contributed by atoms with Crippen molar-refractivity contribution in [3.8, 4) is 0 Å². The first-order valence-corrected chi connectivity index (χ1v) is 9.33. The third kappa shape index (κ3) is 6.77. The largest absolute Gasteiger partial charge is 0.480 e. The normalized spacial score (nSPS) is 12.7. The van der Waals surface area contributed by atoms with E-state index in [0.717, 1.165) is 10.0 Å². The molecule has 0 aliphatic rings. The molecular weight excluding hydrogens is 431 g/mol. The maximum absolute atomic E-state index is 13.4. The van der Waals surface area contributed by atoms with Crippen LogP contribution >= 0.6 is 15.9 Å². The number of nitrogens with one attached hydrogen (secondary N) is 2. The van der Waals surface area contributed by atoms with Crippen LogP contribution in [0.15, 0.2) is 53.0 Å². The van der Waals surface area contributed by atoms with Crippen molar-refractivity contribution in [2.45, 2.75) is 31.8 Å². The van der Waals surface area contributed by atoms with Crippen molar-refractivity contribution in [3.63, 3.8) is 0 Å². The van der Waals surface area contributed by atoms with Crippen molar-refractivity contribution < 1.29 is 23.9 Å². The van der Waals surface area contributed by atoms with Gasteiger partial charge in [-0.05, 0) is 35.4 Å². The third-order valence-electron chi connectivity index (χ3n) is 3.97. The first kappa shape index (κ1) is 21.6. The highest BCUT2D eigenvalue weighted by Gasteiger charge is 2.26. The van der Waals surface area contributed by atoms with E-state index in [0.29, 0.717) is 5.56 Å². The molecule has 0 saturated carbocycles. The summed E-state index contributed by atoms with van der Waals surface area (Å²) in [6, 6.07) is 10.6. The monoisotopic (exact) mass is 450 g/mol. The number of carboxylic acids is 1. The molecule has 2 aromatic rings. The van der Waals surface area contributed by atoms with Crippen LogP contribution in [-0.4, -0.2) is 35.0 Å². The summed E-state index contributed by atoms with van der Waals surface area (Å²) in [7, 11) is 0. The highest BCUT2D eigenvalue weighted by atomic mass is 79.9. The summed E-state index contributed by atoms with van der Waals surface area (Å²) in [6.07, 6.45) is 0.111. The van der Waals surface area contributed by atoms with Crippen molar-refractivity contribution in [1.82, 2.24) is 10.6 Å². The van der Waals surface area contributed by atoms with E-state index in [9.17, 15) is 23.9 Å². The van der Waals surface area contributed by atoms with Crippen LogP contribution in [0.3, 0.4) is 0 Å². The lowest BCUT2D eigenvalue weighted by molar-refractivity contribution is -0.142. The molecule has 0 spiro atoms. The predicted octanol–water partition coefficient (Wildman–Crippen LogP) is 2.45. The van der Waals surface area contributed by atoms with Gasteiger partial charge in [0, 0.05) is 24.2 Å². The van der Waals surface area contributed by atoms with Crippen LogP contribution in [0, 0.1) is 5.82 Å². The molecule has 0 saturated heterocycles. The molecule has 148 valence electrons. The molecule has 2 rings (SSSR count). The lowest BCUT2D eigenvalue weighted by Gasteiger charge is -2.21. The summed E-state index contributed by atoms with van der Waals surface area (Å²) in [5.74, 6) is -2.75. The number of hydrogen-bond acceptors (Lipinski definition) is 3. The van der Waals surface area contributed by atoms with E-state index in [2.05, 4.69) is 26.6 Å². The molecule has 0 unspecified atom stereocenters. The zero-order valence-electron chi connectivity index (χ0n) is 15.1. The number of carbonyl (C=O) groups excluding carboxylic acids is 2. The van der Waals surface area contributed by atoms with Crippen molar-refractivity contribution in [3.05, 3.63) is 69.9 Å². The highest BCUT2D eigenvalue weighted by Crippen LogP contribution is 2.14. The molecule has 0 aromatic heterocycles. The molecule has 2 aromatic carbocycles. The molecule has 6 nitrogen and oxygen atoms in total. The topological polar surface area (TPSA) is 95.5 Å². The first-order chi connectivity index (χ1) is 13.2. The van der Waals surface area contributed by atoms with Crippen molar-refractivity contribution >= 4 is 33.7 Å². The number of halogens is 2.